The molecule has 1 saturated heterocycles. The van der Waals surface area contributed by atoms with Crippen molar-refractivity contribution in [1.82, 2.24) is 19.9 Å². The molecule has 1 aromatic carbocycles. The Morgan fingerprint density at radius 3 is 2.52 bits per heavy atom. The van der Waals surface area contributed by atoms with Gasteiger partial charge in [-0.25, -0.2) is 14.4 Å². The van der Waals surface area contributed by atoms with Gasteiger partial charge in [0, 0.05) is 25.2 Å². The Bertz CT molecular complexity index is 1090. The highest BCUT2D eigenvalue weighted by Gasteiger charge is 2.44. The lowest BCUT2D eigenvalue weighted by molar-refractivity contribution is -0.196. The average molecular weight is 460 g/mol. The van der Waals surface area contributed by atoms with Crippen LogP contribution in [0.1, 0.15) is 39.0 Å². The number of aromatic amines is 1. The second kappa shape index (κ2) is 10.0. The fraction of sp³-hybridized carbons (Fsp3) is 0.455. The number of hydroxylamine groups is 2. The molecule has 2 N–H and O–H groups in total. The first-order valence-electron chi connectivity index (χ1n) is 10.4. The van der Waals surface area contributed by atoms with Crippen molar-refractivity contribution < 1.29 is 23.9 Å². The lowest BCUT2D eigenvalue weighted by Gasteiger charge is -2.29. The molecule has 11 nitrogen and oxygen atoms in total. The predicted octanol–water partition coefficient (Wildman–Crippen LogP) is 1.31. The zero-order valence-corrected chi connectivity index (χ0v) is 18.9. The van der Waals surface area contributed by atoms with Crippen LogP contribution in [0, 0.1) is 0 Å². The van der Waals surface area contributed by atoms with Gasteiger partial charge in [0.15, 0.2) is 6.23 Å². The molecule has 1 aromatic heterocycles. The number of rotatable bonds is 6. The molecular weight excluding hydrogens is 432 g/mol. The maximum atomic E-state index is 12.7. The van der Waals surface area contributed by atoms with Gasteiger partial charge in [-0.15, -0.1) is 0 Å². The fourth-order valence-corrected chi connectivity index (χ4v) is 3.51. The third-order valence-corrected chi connectivity index (χ3v) is 4.92. The van der Waals surface area contributed by atoms with Gasteiger partial charge in [-0.2, -0.15) is 5.06 Å². The van der Waals surface area contributed by atoms with Gasteiger partial charge in [0.1, 0.15) is 11.6 Å². The van der Waals surface area contributed by atoms with Gasteiger partial charge in [-0.05, 0) is 26.3 Å². The standard InChI is InChI=1S/C22H28N4O7/c1-22(2,3)32-21(30)24-18(19(28)31-4)15-12-17(25-11-10-16(27)23-20(25)29)33-26(15)13-14-8-6-5-7-9-14/h5-11,15,17-18H,12-13H2,1-4H3,(H,24,30)(H,23,27,29)/t15-,17+,18+/m1/s1. The number of benzene rings is 1. The summed E-state index contributed by atoms with van der Waals surface area (Å²) in [5.41, 5.74) is -1.07. The van der Waals surface area contributed by atoms with E-state index in [0.717, 1.165) is 5.56 Å². The van der Waals surface area contributed by atoms with Crippen molar-refractivity contribution in [3.63, 3.8) is 0 Å². The number of alkyl carbamates (subject to hydrolysis) is 1. The molecule has 1 amide bonds. The Morgan fingerprint density at radius 1 is 1.21 bits per heavy atom. The Labute approximate surface area is 190 Å². The van der Waals surface area contributed by atoms with Gasteiger partial charge in [0.2, 0.25) is 0 Å². The lowest BCUT2D eigenvalue weighted by atomic mass is 10.0. The number of nitrogens with one attached hydrogen (secondary N) is 2. The van der Waals surface area contributed by atoms with Crippen molar-refractivity contribution in [3.8, 4) is 0 Å². The second-order valence-corrected chi connectivity index (χ2v) is 8.59. The summed E-state index contributed by atoms with van der Waals surface area (Å²) in [7, 11) is 1.22. The molecule has 11 heteroatoms. The summed E-state index contributed by atoms with van der Waals surface area (Å²) in [6.07, 6.45) is -0.143. The summed E-state index contributed by atoms with van der Waals surface area (Å²) < 4.78 is 11.5. The molecule has 3 atom stereocenters. The van der Waals surface area contributed by atoms with E-state index in [2.05, 4.69) is 10.3 Å². The van der Waals surface area contributed by atoms with Crippen LogP contribution in [0.4, 0.5) is 4.79 Å². The quantitative estimate of drug-likeness (QED) is 0.617. The number of ether oxygens (including phenoxy) is 2. The highest BCUT2D eigenvalue weighted by molar-refractivity contribution is 5.82. The van der Waals surface area contributed by atoms with Crippen LogP contribution in [-0.2, 0) is 25.7 Å². The van der Waals surface area contributed by atoms with Gasteiger partial charge >= 0.3 is 17.8 Å². The van der Waals surface area contributed by atoms with E-state index in [0.29, 0.717) is 0 Å². The van der Waals surface area contributed by atoms with Gasteiger partial charge < -0.3 is 14.8 Å². The minimum atomic E-state index is -1.14. The molecule has 33 heavy (non-hydrogen) atoms. The summed E-state index contributed by atoms with van der Waals surface area (Å²) in [6.45, 7) is 5.39. The van der Waals surface area contributed by atoms with Crippen molar-refractivity contribution in [2.45, 2.75) is 57.6 Å². The number of nitrogens with zero attached hydrogens (tertiary/aromatic N) is 2. The van der Waals surface area contributed by atoms with Crippen molar-refractivity contribution in [2.24, 2.45) is 0 Å². The summed E-state index contributed by atoms with van der Waals surface area (Å²) in [5, 5.41) is 4.10. The molecule has 0 unspecified atom stereocenters. The summed E-state index contributed by atoms with van der Waals surface area (Å²) in [5.74, 6) is -0.693. The Balaban J connectivity index is 1.92. The van der Waals surface area contributed by atoms with Crippen LogP contribution in [-0.4, -0.2) is 51.5 Å². The van der Waals surface area contributed by atoms with Crippen molar-refractivity contribution >= 4 is 12.1 Å². The number of H-pyrrole nitrogens is 1. The molecular formula is C22H28N4O7. The SMILES string of the molecule is COC(=O)[C@@H](NC(=O)OC(C)(C)C)[C@H]1C[C@@H](n2ccc(=O)[nH]c2=O)ON1Cc1ccccc1. The molecule has 1 aliphatic rings. The number of hydrogen-bond donors (Lipinski definition) is 2. The zero-order chi connectivity index (χ0) is 24.2. The van der Waals surface area contributed by atoms with Crippen LogP contribution in [0.5, 0.6) is 0 Å². The largest absolute Gasteiger partial charge is 0.467 e. The van der Waals surface area contributed by atoms with Gasteiger partial charge in [-0.1, -0.05) is 30.3 Å². The van der Waals surface area contributed by atoms with Gasteiger partial charge in [0.25, 0.3) is 5.56 Å². The molecule has 0 aliphatic carbocycles. The molecule has 0 bridgehead atoms. The second-order valence-electron chi connectivity index (χ2n) is 8.59. The topological polar surface area (TPSA) is 132 Å². The number of carbonyl (C=O) groups excluding carboxylic acids is 2. The number of aromatic nitrogens is 2. The zero-order valence-electron chi connectivity index (χ0n) is 18.9. The molecule has 1 fully saturated rings. The molecule has 2 aromatic rings. The van der Waals surface area contributed by atoms with Crippen LogP contribution >= 0.6 is 0 Å². The van der Waals surface area contributed by atoms with E-state index >= 15 is 0 Å². The van der Waals surface area contributed by atoms with Crippen molar-refractivity contribution in [3.05, 3.63) is 69.0 Å². The normalized spacial score (nSPS) is 19.6. The van der Waals surface area contributed by atoms with Gasteiger partial charge in [0.05, 0.1) is 13.2 Å². The first-order chi connectivity index (χ1) is 15.6. The third-order valence-electron chi connectivity index (χ3n) is 4.92. The summed E-state index contributed by atoms with van der Waals surface area (Å²) in [4.78, 5) is 57.1. The maximum absolute atomic E-state index is 12.7. The average Bonchev–Trinajstić information content (AvgIpc) is 3.14. The van der Waals surface area contributed by atoms with Crippen LogP contribution in [0.25, 0.3) is 0 Å². The smallest absolute Gasteiger partial charge is 0.408 e. The number of carbonyl (C=O) groups is 2. The molecule has 0 radical (unpaired) electrons. The minimum Gasteiger partial charge on any atom is -0.467 e. The minimum absolute atomic E-state index is 0.147. The van der Waals surface area contributed by atoms with Crippen LogP contribution < -0.4 is 16.6 Å². The molecule has 2 heterocycles. The highest BCUT2D eigenvalue weighted by atomic mass is 16.7. The maximum Gasteiger partial charge on any atom is 0.408 e. The molecule has 1 aliphatic heterocycles. The first kappa shape index (κ1) is 24.2. The predicted molar refractivity (Wildman–Crippen MR) is 117 cm³/mol. The van der Waals surface area contributed by atoms with E-state index in [1.807, 2.05) is 30.3 Å². The monoisotopic (exact) mass is 460 g/mol. The van der Waals surface area contributed by atoms with E-state index in [-0.39, 0.29) is 13.0 Å². The lowest BCUT2D eigenvalue weighted by Crippen LogP contribution is -2.54. The van der Waals surface area contributed by atoms with Crippen molar-refractivity contribution in [1.29, 1.82) is 0 Å². The van der Waals surface area contributed by atoms with E-state index in [4.69, 9.17) is 14.3 Å². The van der Waals surface area contributed by atoms with E-state index in [1.165, 1.54) is 29.0 Å². The Hall–Kier alpha value is -3.44. The summed E-state index contributed by atoms with van der Waals surface area (Å²) >= 11 is 0. The van der Waals surface area contributed by atoms with Crippen LogP contribution in [0.15, 0.2) is 52.2 Å². The number of esters is 1. The van der Waals surface area contributed by atoms with Gasteiger partial charge in [-0.3, -0.25) is 19.2 Å². The summed E-state index contributed by atoms with van der Waals surface area (Å²) in [6, 6.07) is 8.72. The number of amides is 1. The van der Waals surface area contributed by atoms with E-state index in [1.54, 1.807) is 20.8 Å². The first-order valence-corrected chi connectivity index (χ1v) is 10.4. The molecule has 3 rings (SSSR count). The number of methoxy groups -OCH3 is 1. The Kier molecular flexibility index (Phi) is 7.34. The molecule has 0 spiro atoms. The van der Waals surface area contributed by atoms with Crippen LogP contribution in [0.3, 0.4) is 0 Å². The fourth-order valence-electron chi connectivity index (χ4n) is 3.51. The van der Waals surface area contributed by atoms with Crippen LogP contribution in [0.2, 0.25) is 0 Å². The van der Waals surface area contributed by atoms with E-state index in [9.17, 15) is 19.2 Å². The Morgan fingerprint density at radius 2 is 1.91 bits per heavy atom. The van der Waals surface area contributed by atoms with Crippen molar-refractivity contribution in [2.75, 3.05) is 7.11 Å². The third kappa shape index (κ3) is 6.30. The molecule has 0 saturated carbocycles. The number of hydrogen-bond acceptors (Lipinski definition) is 8. The van der Waals surface area contributed by atoms with E-state index < -0.39 is 47.2 Å². The molecule has 178 valence electrons. The highest BCUT2D eigenvalue weighted by Crippen LogP contribution is 2.32.